The molecule has 5 nitrogen and oxygen atoms in total. The van der Waals surface area contributed by atoms with E-state index in [1.165, 1.54) is 22.6 Å². The molecule has 156 valence electrons. The molecule has 0 spiro atoms. The van der Waals surface area contributed by atoms with Crippen LogP contribution < -0.4 is 4.90 Å². The van der Waals surface area contributed by atoms with E-state index in [2.05, 4.69) is 36.1 Å². The molecule has 0 radical (unpaired) electrons. The quantitative estimate of drug-likeness (QED) is 0.439. The number of furan rings is 1. The van der Waals surface area contributed by atoms with Crippen LogP contribution in [0.3, 0.4) is 0 Å². The lowest BCUT2D eigenvalue weighted by Gasteiger charge is -2.36. The predicted molar refractivity (Wildman–Crippen MR) is 125 cm³/mol. The van der Waals surface area contributed by atoms with Crippen LogP contribution in [0.4, 0.5) is 5.69 Å². The van der Waals surface area contributed by atoms with Gasteiger partial charge >= 0.3 is 0 Å². The molecular weight excluding hydrogens is 406 g/mol. The van der Waals surface area contributed by atoms with Crippen molar-refractivity contribution in [1.82, 2.24) is 9.88 Å². The summed E-state index contributed by atoms with van der Waals surface area (Å²) in [5, 5.41) is 0.728. The summed E-state index contributed by atoms with van der Waals surface area (Å²) in [7, 11) is 0. The number of hydrogen-bond donors (Lipinski definition) is 0. The van der Waals surface area contributed by atoms with Crippen LogP contribution in [-0.2, 0) is 0 Å². The van der Waals surface area contributed by atoms with Crippen LogP contribution >= 0.6 is 11.3 Å². The number of aromatic nitrogens is 1. The van der Waals surface area contributed by atoms with Crippen molar-refractivity contribution in [2.75, 3.05) is 31.1 Å². The fraction of sp³-hybridized carbons (Fsp3) is 0.200. The van der Waals surface area contributed by atoms with Crippen LogP contribution in [0.5, 0.6) is 0 Å². The van der Waals surface area contributed by atoms with E-state index < -0.39 is 0 Å². The lowest BCUT2D eigenvalue weighted by Crippen LogP contribution is -2.48. The van der Waals surface area contributed by atoms with E-state index >= 15 is 0 Å². The van der Waals surface area contributed by atoms with Gasteiger partial charge in [-0.15, -0.1) is 11.3 Å². The number of thiazole rings is 1. The van der Waals surface area contributed by atoms with Gasteiger partial charge in [0.25, 0.3) is 5.91 Å². The Balaban J connectivity index is 1.41. The molecule has 1 aliphatic heterocycles. The van der Waals surface area contributed by atoms with E-state index in [9.17, 15) is 4.79 Å². The van der Waals surface area contributed by atoms with E-state index in [0.717, 1.165) is 29.4 Å². The number of rotatable bonds is 4. The molecule has 2 aromatic heterocycles. The Morgan fingerprint density at radius 2 is 1.68 bits per heavy atom. The lowest BCUT2D eigenvalue weighted by molar-refractivity contribution is 0.0752. The number of anilines is 1. The summed E-state index contributed by atoms with van der Waals surface area (Å²) in [6.45, 7) is 5.15. The first-order chi connectivity index (χ1) is 15.2. The minimum atomic E-state index is 0.0404. The van der Waals surface area contributed by atoms with Crippen LogP contribution in [0.25, 0.3) is 22.0 Å². The highest BCUT2D eigenvalue weighted by atomic mass is 32.1. The van der Waals surface area contributed by atoms with Crippen LogP contribution in [0, 0.1) is 6.92 Å². The largest absolute Gasteiger partial charge is 0.462 e. The molecule has 2 aromatic carbocycles. The van der Waals surface area contributed by atoms with Gasteiger partial charge in [0, 0.05) is 37.4 Å². The third-order valence-electron chi connectivity index (χ3n) is 5.62. The highest BCUT2D eigenvalue weighted by Crippen LogP contribution is 2.35. The SMILES string of the molecule is Cc1ccccc1N1CCN(C(=O)c2sc(-c3ccco3)nc2-c2ccccc2)CC1. The molecule has 3 heterocycles. The van der Waals surface area contributed by atoms with Crippen LogP contribution in [0.2, 0.25) is 0 Å². The van der Waals surface area contributed by atoms with Gasteiger partial charge < -0.3 is 14.2 Å². The molecule has 0 aliphatic carbocycles. The number of piperazine rings is 1. The molecule has 0 bridgehead atoms. The van der Waals surface area contributed by atoms with Gasteiger partial charge in [-0.2, -0.15) is 0 Å². The summed E-state index contributed by atoms with van der Waals surface area (Å²) in [5.41, 5.74) is 4.18. The maximum atomic E-state index is 13.5. The Morgan fingerprint density at radius 3 is 2.39 bits per heavy atom. The number of carbonyl (C=O) groups is 1. The number of aryl methyl sites for hydroxylation is 1. The number of nitrogens with zero attached hydrogens (tertiary/aromatic N) is 3. The Hall–Kier alpha value is -3.38. The smallest absolute Gasteiger partial charge is 0.266 e. The fourth-order valence-electron chi connectivity index (χ4n) is 3.97. The highest BCUT2D eigenvalue weighted by Gasteiger charge is 2.28. The molecule has 5 rings (SSSR count). The number of carbonyl (C=O) groups excluding carboxylic acids is 1. The van der Waals surface area contributed by atoms with Gasteiger partial charge in [-0.05, 0) is 30.7 Å². The molecule has 6 heteroatoms. The summed E-state index contributed by atoms with van der Waals surface area (Å²) in [4.78, 5) is 23.3. The Morgan fingerprint density at radius 1 is 0.935 bits per heavy atom. The first-order valence-corrected chi connectivity index (χ1v) is 11.2. The Kier molecular flexibility index (Phi) is 5.30. The fourth-order valence-corrected chi connectivity index (χ4v) is 5.00. The summed E-state index contributed by atoms with van der Waals surface area (Å²) in [6.07, 6.45) is 1.63. The summed E-state index contributed by atoms with van der Waals surface area (Å²) in [5.74, 6) is 0.726. The zero-order valence-electron chi connectivity index (χ0n) is 17.3. The molecular formula is C25H23N3O2S. The maximum Gasteiger partial charge on any atom is 0.266 e. The minimum absolute atomic E-state index is 0.0404. The van der Waals surface area contributed by atoms with Crippen molar-refractivity contribution in [3.8, 4) is 22.0 Å². The second-order valence-corrected chi connectivity index (χ2v) is 8.60. The van der Waals surface area contributed by atoms with Gasteiger partial charge in [0.2, 0.25) is 0 Å². The van der Waals surface area contributed by atoms with Crippen molar-refractivity contribution in [2.24, 2.45) is 0 Å². The Bertz CT molecular complexity index is 1180. The Labute approximate surface area is 185 Å². The molecule has 1 amide bonds. The predicted octanol–water partition coefficient (Wildman–Crippen LogP) is 5.34. The molecule has 1 aliphatic rings. The van der Waals surface area contributed by atoms with Crippen molar-refractivity contribution in [3.05, 3.63) is 83.4 Å². The van der Waals surface area contributed by atoms with E-state index in [4.69, 9.17) is 9.40 Å². The van der Waals surface area contributed by atoms with E-state index in [1.54, 1.807) is 6.26 Å². The average Bonchev–Trinajstić information content (AvgIpc) is 3.50. The zero-order chi connectivity index (χ0) is 21.2. The standard InChI is InChI=1S/C25H23N3O2S/c1-18-8-5-6-11-20(18)27-13-15-28(16-14-27)25(29)23-22(19-9-3-2-4-10-19)26-24(31-23)21-12-7-17-30-21/h2-12,17H,13-16H2,1H3. The highest BCUT2D eigenvalue weighted by molar-refractivity contribution is 7.17. The summed E-state index contributed by atoms with van der Waals surface area (Å²) < 4.78 is 5.54. The molecule has 1 saturated heterocycles. The molecule has 0 unspecified atom stereocenters. The van der Waals surface area contributed by atoms with Crippen molar-refractivity contribution in [2.45, 2.75) is 6.92 Å². The third kappa shape index (κ3) is 3.86. The second kappa shape index (κ2) is 8.40. The monoisotopic (exact) mass is 429 g/mol. The van der Waals surface area contributed by atoms with Crippen LogP contribution in [0.15, 0.2) is 77.4 Å². The lowest BCUT2D eigenvalue weighted by atomic mass is 10.1. The maximum absolute atomic E-state index is 13.5. The first-order valence-electron chi connectivity index (χ1n) is 10.4. The van der Waals surface area contributed by atoms with Gasteiger partial charge in [0.1, 0.15) is 4.88 Å². The average molecular weight is 430 g/mol. The van der Waals surface area contributed by atoms with Gasteiger partial charge in [-0.25, -0.2) is 4.98 Å². The summed E-state index contributed by atoms with van der Waals surface area (Å²) >= 11 is 1.40. The van der Waals surface area contributed by atoms with E-state index in [1.807, 2.05) is 47.4 Å². The molecule has 0 N–H and O–H groups in total. The molecule has 1 fully saturated rings. The van der Waals surface area contributed by atoms with Gasteiger partial charge in [-0.3, -0.25) is 4.79 Å². The number of benzene rings is 2. The van der Waals surface area contributed by atoms with Crippen LogP contribution in [-0.4, -0.2) is 42.0 Å². The topological polar surface area (TPSA) is 49.6 Å². The van der Waals surface area contributed by atoms with Crippen molar-refractivity contribution in [1.29, 1.82) is 0 Å². The van der Waals surface area contributed by atoms with Gasteiger partial charge in [0.15, 0.2) is 10.8 Å². The molecule has 0 atom stereocenters. The molecule has 31 heavy (non-hydrogen) atoms. The molecule has 4 aromatic rings. The minimum Gasteiger partial charge on any atom is -0.462 e. The van der Waals surface area contributed by atoms with E-state index in [-0.39, 0.29) is 5.91 Å². The number of para-hydroxylation sites is 1. The summed E-state index contributed by atoms with van der Waals surface area (Å²) in [6, 6.07) is 22.0. The van der Waals surface area contributed by atoms with Gasteiger partial charge in [0.05, 0.1) is 12.0 Å². The van der Waals surface area contributed by atoms with E-state index in [0.29, 0.717) is 23.7 Å². The number of amides is 1. The van der Waals surface area contributed by atoms with Crippen molar-refractivity contribution >= 4 is 22.9 Å². The normalized spacial score (nSPS) is 14.1. The first kappa shape index (κ1) is 19.6. The molecule has 0 saturated carbocycles. The van der Waals surface area contributed by atoms with Crippen molar-refractivity contribution in [3.63, 3.8) is 0 Å². The van der Waals surface area contributed by atoms with Crippen LogP contribution in [0.1, 0.15) is 15.2 Å². The van der Waals surface area contributed by atoms with Gasteiger partial charge in [-0.1, -0.05) is 48.5 Å². The van der Waals surface area contributed by atoms with Crippen molar-refractivity contribution < 1.29 is 9.21 Å². The zero-order valence-corrected chi connectivity index (χ0v) is 18.1. The third-order valence-corrected chi connectivity index (χ3v) is 6.68. The number of hydrogen-bond acceptors (Lipinski definition) is 5. The second-order valence-electron chi connectivity index (χ2n) is 7.61.